The molecule has 1 aromatic rings. The number of hydrogen-bond donors (Lipinski definition) is 2. The molecule has 0 saturated carbocycles. The Kier molecular flexibility index (Phi) is 10.8. The average Bonchev–Trinajstić information content (AvgIpc) is 2.57. The smallest absolute Gasteiger partial charge is 0.191 e. The van der Waals surface area contributed by atoms with Gasteiger partial charge >= 0.3 is 0 Å². The number of rotatable bonds is 7. The molecule has 1 aliphatic rings. The first kappa shape index (κ1) is 22.9. The van der Waals surface area contributed by atoms with Crippen LogP contribution >= 0.6 is 24.0 Å². The van der Waals surface area contributed by atoms with E-state index in [1.807, 2.05) is 13.8 Å². The van der Waals surface area contributed by atoms with Crippen LogP contribution in [0, 0.1) is 5.82 Å². The van der Waals surface area contributed by atoms with Crippen molar-refractivity contribution in [2.45, 2.75) is 26.1 Å². The summed E-state index contributed by atoms with van der Waals surface area (Å²) in [6.45, 7) is 8.52. The first-order valence-corrected chi connectivity index (χ1v) is 8.81. The number of likely N-dealkylation sites (N-methyl/N-ethyl adjacent to an activating group) is 1. The first-order chi connectivity index (χ1) is 12.1. The standard InChI is InChI=1S/C18H29FN4O2.HI/c1-4-20-18(22-12-17-13-23(3)8-9-24-17)21-11-14(2)25-16-7-5-6-15(19)10-16;/h5-7,10,14,17H,4,8-9,11-13H2,1-3H3,(H2,20,21,22);1H. The molecular formula is C18H30FIN4O2. The van der Waals surface area contributed by atoms with E-state index in [9.17, 15) is 4.39 Å². The fraction of sp³-hybridized carbons (Fsp3) is 0.611. The first-order valence-electron chi connectivity index (χ1n) is 8.81. The highest BCUT2D eigenvalue weighted by Crippen LogP contribution is 2.13. The van der Waals surface area contributed by atoms with E-state index in [1.165, 1.54) is 12.1 Å². The van der Waals surface area contributed by atoms with Crippen molar-refractivity contribution in [2.24, 2.45) is 4.99 Å². The summed E-state index contributed by atoms with van der Waals surface area (Å²) in [7, 11) is 2.10. The van der Waals surface area contributed by atoms with E-state index in [1.54, 1.807) is 12.1 Å². The summed E-state index contributed by atoms with van der Waals surface area (Å²) in [5.41, 5.74) is 0. The molecule has 1 aromatic carbocycles. The normalized spacial score (nSPS) is 19.4. The molecule has 2 rings (SSSR count). The minimum atomic E-state index is -0.305. The van der Waals surface area contributed by atoms with Crippen molar-refractivity contribution in [1.29, 1.82) is 0 Å². The number of morpholine rings is 1. The van der Waals surface area contributed by atoms with Gasteiger partial charge in [-0.2, -0.15) is 0 Å². The molecule has 2 unspecified atom stereocenters. The Bertz CT molecular complexity index is 562. The van der Waals surface area contributed by atoms with E-state index in [0.29, 0.717) is 18.8 Å². The molecule has 0 aromatic heterocycles. The Morgan fingerprint density at radius 1 is 1.46 bits per heavy atom. The lowest BCUT2D eigenvalue weighted by Gasteiger charge is -2.30. The Balaban J connectivity index is 0.00000338. The van der Waals surface area contributed by atoms with E-state index in [-0.39, 0.29) is 42.0 Å². The lowest BCUT2D eigenvalue weighted by Crippen LogP contribution is -2.48. The third-order valence-corrected chi connectivity index (χ3v) is 3.82. The van der Waals surface area contributed by atoms with Crippen LogP contribution in [0.25, 0.3) is 0 Å². The van der Waals surface area contributed by atoms with Gasteiger partial charge in [0.15, 0.2) is 5.96 Å². The molecule has 148 valence electrons. The second kappa shape index (κ2) is 12.3. The molecule has 2 atom stereocenters. The van der Waals surface area contributed by atoms with Gasteiger partial charge in [0.2, 0.25) is 0 Å². The van der Waals surface area contributed by atoms with Crippen molar-refractivity contribution < 1.29 is 13.9 Å². The minimum Gasteiger partial charge on any atom is -0.489 e. The van der Waals surface area contributed by atoms with Gasteiger partial charge in [-0.3, -0.25) is 0 Å². The number of hydrogen-bond acceptors (Lipinski definition) is 4. The number of ether oxygens (including phenoxy) is 2. The zero-order valence-corrected chi connectivity index (χ0v) is 18.0. The van der Waals surface area contributed by atoms with Crippen molar-refractivity contribution in [2.75, 3.05) is 46.4 Å². The number of nitrogens with zero attached hydrogens (tertiary/aromatic N) is 2. The molecule has 1 fully saturated rings. The average molecular weight is 480 g/mol. The number of benzene rings is 1. The van der Waals surface area contributed by atoms with Crippen LogP contribution in [0.1, 0.15) is 13.8 Å². The summed E-state index contributed by atoms with van der Waals surface area (Å²) in [5.74, 6) is 0.939. The van der Waals surface area contributed by atoms with Gasteiger partial charge < -0.3 is 25.0 Å². The molecular weight excluding hydrogens is 450 g/mol. The fourth-order valence-electron chi connectivity index (χ4n) is 2.57. The molecule has 1 saturated heterocycles. The van der Waals surface area contributed by atoms with Crippen LogP contribution in [0.4, 0.5) is 4.39 Å². The summed E-state index contributed by atoms with van der Waals surface area (Å²) in [4.78, 5) is 6.80. The topological polar surface area (TPSA) is 58.1 Å². The van der Waals surface area contributed by atoms with Crippen LogP contribution in [0.2, 0.25) is 0 Å². The molecule has 0 amide bonds. The van der Waals surface area contributed by atoms with Crippen LogP contribution in [-0.4, -0.2) is 69.4 Å². The van der Waals surface area contributed by atoms with Gasteiger partial charge in [0.25, 0.3) is 0 Å². The van der Waals surface area contributed by atoms with Crippen LogP contribution in [0.15, 0.2) is 29.3 Å². The van der Waals surface area contributed by atoms with Crippen molar-refractivity contribution in [1.82, 2.24) is 15.5 Å². The summed E-state index contributed by atoms with van der Waals surface area (Å²) in [6.07, 6.45) is -0.00195. The molecule has 2 N–H and O–H groups in total. The molecule has 0 aliphatic carbocycles. The van der Waals surface area contributed by atoms with Gasteiger partial charge in [-0.25, -0.2) is 9.38 Å². The molecule has 1 aliphatic heterocycles. The third-order valence-electron chi connectivity index (χ3n) is 3.82. The second-order valence-corrected chi connectivity index (χ2v) is 6.24. The Morgan fingerprint density at radius 3 is 2.96 bits per heavy atom. The quantitative estimate of drug-likeness (QED) is 0.356. The van der Waals surface area contributed by atoms with Crippen LogP contribution in [-0.2, 0) is 4.74 Å². The zero-order chi connectivity index (χ0) is 18.1. The van der Waals surface area contributed by atoms with Crippen molar-refractivity contribution >= 4 is 29.9 Å². The van der Waals surface area contributed by atoms with E-state index in [2.05, 4.69) is 27.6 Å². The number of aliphatic imine (C=N–C) groups is 1. The number of halogens is 2. The highest BCUT2D eigenvalue weighted by Gasteiger charge is 2.17. The largest absolute Gasteiger partial charge is 0.489 e. The molecule has 6 nitrogen and oxygen atoms in total. The van der Waals surface area contributed by atoms with E-state index < -0.39 is 0 Å². The van der Waals surface area contributed by atoms with Gasteiger partial charge in [0.05, 0.1) is 19.3 Å². The van der Waals surface area contributed by atoms with E-state index in [0.717, 1.165) is 32.2 Å². The van der Waals surface area contributed by atoms with E-state index >= 15 is 0 Å². The maximum absolute atomic E-state index is 13.2. The summed E-state index contributed by atoms with van der Waals surface area (Å²) in [6, 6.07) is 6.14. The van der Waals surface area contributed by atoms with Crippen molar-refractivity contribution in [3.8, 4) is 5.75 Å². The SMILES string of the molecule is CCNC(=NCC(C)Oc1cccc(F)c1)NCC1CN(C)CCO1.I. The summed E-state index contributed by atoms with van der Waals surface area (Å²) < 4.78 is 24.6. The predicted molar refractivity (Wildman–Crippen MR) is 113 cm³/mol. The molecule has 0 spiro atoms. The fourth-order valence-corrected chi connectivity index (χ4v) is 2.57. The van der Waals surface area contributed by atoms with Crippen LogP contribution < -0.4 is 15.4 Å². The minimum absolute atomic E-state index is 0. The monoisotopic (exact) mass is 480 g/mol. The molecule has 0 bridgehead atoms. The third kappa shape index (κ3) is 8.50. The van der Waals surface area contributed by atoms with E-state index in [4.69, 9.17) is 9.47 Å². The van der Waals surface area contributed by atoms with Crippen molar-refractivity contribution in [3.63, 3.8) is 0 Å². The Labute approximate surface area is 172 Å². The molecule has 0 radical (unpaired) electrons. The van der Waals surface area contributed by atoms with Gasteiger partial charge in [0, 0.05) is 32.2 Å². The maximum Gasteiger partial charge on any atom is 0.191 e. The van der Waals surface area contributed by atoms with Gasteiger partial charge in [-0.1, -0.05) is 6.07 Å². The number of guanidine groups is 1. The summed E-state index contributed by atoms with van der Waals surface area (Å²) in [5, 5.41) is 6.53. The Hall–Kier alpha value is -1.13. The maximum atomic E-state index is 13.2. The van der Waals surface area contributed by atoms with Gasteiger partial charge in [-0.15, -0.1) is 24.0 Å². The second-order valence-electron chi connectivity index (χ2n) is 6.24. The lowest BCUT2D eigenvalue weighted by atomic mass is 10.3. The predicted octanol–water partition coefficient (Wildman–Crippen LogP) is 2.10. The highest BCUT2D eigenvalue weighted by atomic mass is 127. The van der Waals surface area contributed by atoms with Crippen molar-refractivity contribution in [3.05, 3.63) is 30.1 Å². The highest BCUT2D eigenvalue weighted by molar-refractivity contribution is 14.0. The van der Waals surface area contributed by atoms with Crippen LogP contribution in [0.3, 0.4) is 0 Å². The van der Waals surface area contributed by atoms with Gasteiger partial charge in [0.1, 0.15) is 17.7 Å². The summed E-state index contributed by atoms with van der Waals surface area (Å²) >= 11 is 0. The van der Waals surface area contributed by atoms with Crippen LogP contribution in [0.5, 0.6) is 5.75 Å². The Morgan fingerprint density at radius 2 is 2.27 bits per heavy atom. The molecule has 26 heavy (non-hydrogen) atoms. The number of nitrogens with one attached hydrogen (secondary N) is 2. The molecule has 8 heteroatoms. The lowest BCUT2D eigenvalue weighted by molar-refractivity contribution is -0.0161. The molecule has 1 heterocycles. The zero-order valence-electron chi connectivity index (χ0n) is 15.7. The van der Waals surface area contributed by atoms with Gasteiger partial charge in [-0.05, 0) is 33.0 Å².